The molecule has 1 unspecified atom stereocenters. The summed E-state index contributed by atoms with van der Waals surface area (Å²) >= 11 is 0. The molecule has 0 saturated heterocycles. The molecule has 0 aliphatic carbocycles. The van der Waals surface area contributed by atoms with Gasteiger partial charge in [-0.1, -0.05) is 30.3 Å². The molecule has 0 amide bonds. The van der Waals surface area contributed by atoms with Crippen LogP contribution >= 0.6 is 0 Å². The number of aromatic nitrogens is 2. The Morgan fingerprint density at radius 2 is 2.10 bits per heavy atom. The number of methoxy groups -OCH3 is 1. The Morgan fingerprint density at radius 1 is 1.33 bits per heavy atom. The van der Waals surface area contributed by atoms with Crippen molar-refractivity contribution in [1.82, 2.24) is 15.5 Å². The van der Waals surface area contributed by atoms with Gasteiger partial charge >= 0.3 is 0 Å². The van der Waals surface area contributed by atoms with Crippen LogP contribution in [0, 0.1) is 0 Å². The molecule has 5 heteroatoms. The van der Waals surface area contributed by atoms with Crippen LogP contribution < -0.4 is 5.32 Å². The van der Waals surface area contributed by atoms with Gasteiger partial charge in [0.05, 0.1) is 0 Å². The number of hydrogen-bond donors (Lipinski definition) is 1. The summed E-state index contributed by atoms with van der Waals surface area (Å²) in [4.78, 5) is 4.54. The van der Waals surface area contributed by atoms with Crippen LogP contribution in [0.25, 0.3) is 11.5 Å². The molecule has 0 aliphatic heterocycles. The van der Waals surface area contributed by atoms with Crippen molar-refractivity contribution < 1.29 is 9.26 Å². The van der Waals surface area contributed by atoms with Crippen molar-refractivity contribution in [2.24, 2.45) is 0 Å². The molecule has 0 bridgehead atoms. The third kappa shape index (κ3) is 3.31. The zero-order valence-electron chi connectivity index (χ0n) is 13.1. The Morgan fingerprint density at radius 3 is 2.76 bits per heavy atom. The number of nitrogens with zero attached hydrogens (tertiary/aromatic N) is 2. The van der Waals surface area contributed by atoms with Gasteiger partial charge in [0.15, 0.2) is 0 Å². The number of likely N-dealkylation sites (N-methyl/N-ethyl adjacent to an activating group) is 1. The first-order valence-corrected chi connectivity index (χ1v) is 7.27. The van der Waals surface area contributed by atoms with Gasteiger partial charge in [0.1, 0.15) is 5.60 Å². The molecule has 1 atom stereocenters. The second kappa shape index (κ2) is 6.83. The lowest BCUT2D eigenvalue weighted by Gasteiger charge is -2.21. The summed E-state index contributed by atoms with van der Waals surface area (Å²) in [6.45, 7) is 4.91. The Hall–Kier alpha value is -1.72. The maximum atomic E-state index is 5.52. The van der Waals surface area contributed by atoms with Gasteiger partial charge in [0.2, 0.25) is 5.82 Å². The zero-order valence-corrected chi connectivity index (χ0v) is 13.1. The monoisotopic (exact) mass is 289 g/mol. The normalized spacial score (nSPS) is 14.1. The first kappa shape index (κ1) is 15.7. The molecule has 1 N–H and O–H groups in total. The Bertz CT molecular complexity index is 576. The highest BCUT2D eigenvalue weighted by Gasteiger charge is 2.30. The van der Waals surface area contributed by atoms with Crippen LogP contribution in [-0.2, 0) is 16.8 Å². The highest BCUT2D eigenvalue weighted by Crippen LogP contribution is 2.29. The molecule has 5 nitrogen and oxygen atoms in total. The molecule has 1 heterocycles. The smallest absolute Gasteiger partial charge is 0.258 e. The number of rotatable bonds is 7. The molecule has 21 heavy (non-hydrogen) atoms. The van der Waals surface area contributed by atoms with Gasteiger partial charge in [0, 0.05) is 12.7 Å². The van der Waals surface area contributed by atoms with E-state index in [2.05, 4.69) is 21.5 Å². The molecule has 0 fully saturated rings. The highest BCUT2D eigenvalue weighted by atomic mass is 16.5. The van der Waals surface area contributed by atoms with Gasteiger partial charge in [-0.2, -0.15) is 4.98 Å². The topological polar surface area (TPSA) is 60.2 Å². The van der Waals surface area contributed by atoms with E-state index in [1.54, 1.807) is 7.11 Å². The molecule has 0 aliphatic rings. The van der Waals surface area contributed by atoms with Crippen molar-refractivity contribution in [2.75, 3.05) is 20.7 Å². The predicted molar refractivity (Wildman–Crippen MR) is 82.0 cm³/mol. The van der Waals surface area contributed by atoms with Crippen LogP contribution in [0.1, 0.15) is 31.7 Å². The molecule has 2 aromatic rings. The lowest BCUT2D eigenvalue weighted by molar-refractivity contribution is -0.0106. The summed E-state index contributed by atoms with van der Waals surface area (Å²) in [6, 6.07) is 8.11. The molecule has 114 valence electrons. The third-order valence-electron chi connectivity index (χ3n) is 3.92. The first-order chi connectivity index (χ1) is 10.1. The number of benzene rings is 1. The van der Waals surface area contributed by atoms with Gasteiger partial charge in [-0.25, -0.2) is 0 Å². The van der Waals surface area contributed by atoms with E-state index in [1.807, 2.05) is 39.1 Å². The Kier molecular flexibility index (Phi) is 5.09. The number of ether oxygens (including phenoxy) is 1. The van der Waals surface area contributed by atoms with E-state index in [4.69, 9.17) is 9.26 Å². The van der Waals surface area contributed by atoms with E-state index in [0.717, 1.165) is 24.9 Å². The molecule has 2 rings (SSSR count). The van der Waals surface area contributed by atoms with Crippen molar-refractivity contribution >= 4 is 0 Å². The molecule has 0 saturated carbocycles. The van der Waals surface area contributed by atoms with E-state index in [-0.39, 0.29) is 0 Å². The number of nitrogens with one attached hydrogen (secondary N) is 1. The van der Waals surface area contributed by atoms with E-state index >= 15 is 0 Å². The van der Waals surface area contributed by atoms with Gasteiger partial charge < -0.3 is 14.6 Å². The lowest BCUT2D eigenvalue weighted by atomic mass is 10.0. The molecular weight excluding hydrogens is 266 g/mol. The summed E-state index contributed by atoms with van der Waals surface area (Å²) in [5.41, 5.74) is 1.67. The van der Waals surface area contributed by atoms with Gasteiger partial charge in [-0.05, 0) is 45.0 Å². The van der Waals surface area contributed by atoms with Gasteiger partial charge in [-0.3, -0.25) is 0 Å². The molecule has 1 aromatic heterocycles. The summed E-state index contributed by atoms with van der Waals surface area (Å²) in [7, 11) is 3.61. The summed E-state index contributed by atoms with van der Waals surface area (Å²) < 4.78 is 11.0. The van der Waals surface area contributed by atoms with E-state index in [1.165, 1.54) is 5.56 Å². The van der Waals surface area contributed by atoms with Crippen molar-refractivity contribution in [1.29, 1.82) is 0 Å². The van der Waals surface area contributed by atoms with Crippen molar-refractivity contribution in [3.8, 4) is 11.5 Å². The van der Waals surface area contributed by atoms with E-state index < -0.39 is 5.60 Å². The largest absolute Gasteiger partial charge is 0.370 e. The highest BCUT2D eigenvalue weighted by molar-refractivity contribution is 5.58. The van der Waals surface area contributed by atoms with Crippen LogP contribution in [0.4, 0.5) is 0 Å². The van der Waals surface area contributed by atoms with Crippen molar-refractivity contribution in [3.05, 3.63) is 35.7 Å². The quantitative estimate of drug-likeness (QED) is 0.849. The zero-order chi connectivity index (χ0) is 15.3. The average molecular weight is 289 g/mol. The minimum atomic E-state index is -0.512. The molecule has 0 spiro atoms. The standard InChI is InChI=1S/C16H23N3O2/c1-5-16(2,20-4)15-18-14(21-19-15)13-9-7-6-8-12(13)10-11-17-3/h6-9,17H,5,10-11H2,1-4H3. The van der Waals surface area contributed by atoms with Crippen molar-refractivity contribution in [3.63, 3.8) is 0 Å². The summed E-state index contributed by atoms with van der Waals surface area (Å²) in [5.74, 6) is 1.14. The lowest BCUT2D eigenvalue weighted by Crippen LogP contribution is -2.24. The average Bonchev–Trinajstić information content (AvgIpc) is 3.02. The Labute approximate surface area is 125 Å². The molecular formula is C16H23N3O2. The summed E-state index contributed by atoms with van der Waals surface area (Å²) in [6.07, 6.45) is 1.70. The second-order valence-corrected chi connectivity index (χ2v) is 5.22. The third-order valence-corrected chi connectivity index (χ3v) is 3.92. The summed E-state index contributed by atoms with van der Waals surface area (Å²) in [5, 5.41) is 7.26. The van der Waals surface area contributed by atoms with Crippen LogP contribution in [0.5, 0.6) is 0 Å². The molecule has 1 aromatic carbocycles. The fraction of sp³-hybridized carbons (Fsp3) is 0.500. The fourth-order valence-electron chi connectivity index (χ4n) is 2.15. The van der Waals surface area contributed by atoms with Gasteiger partial charge in [-0.15, -0.1) is 0 Å². The van der Waals surface area contributed by atoms with E-state index in [0.29, 0.717) is 11.7 Å². The maximum absolute atomic E-state index is 5.52. The van der Waals surface area contributed by atoms with Gasteiger partial charge in [0.25, 0.3) is 5.89 Å². The van der Waals surface area contributed by atoms with Crippen LogP contribution in [0.3, 0.4) is 0 Å². The van der Waals surface area contributed by atoms with Crippen LogP contribution in [0.2, 0.25) is 0 Å². The van der Waals surface area contributed by atoms with E-state index in [9.17, 15) is 0 Å². The second-order valence-electron chi connectivity index (χ2n) is 5.22. The first-order valence-electron chi connectivity index (χ1n) is 7.27. The minimum absolute atomic E-state index is 0.512. The SMILES string of the molecule is CCC(C)(OC)c1noc(-c2ccccc2CCNC)n1. The maximum Gasteiger partial charge on any atom is 0.258 e. The fourth-order valence-corrected chi connectivity index (χ4v) is 2.15. The molecule has 0 radical (unpaired) electrons. The van der Waals surface area contributed by atoms with Crippen LogP contribution in [-0.4, -0.2) is 30.8 Å². The van der Waals surface area contributed by atoms with Crippen molar-refractivity contribution in [2.45, 2.75) is 32.3 Å². The number of hydrogen-bond acceptors (Lipinski definition) is 5. The Balaban J connectivity index is 2.34. The predicted octanol–water partition coefficient (Wildman–Crippen LogP) is 2.77. The minimum Gasteiger partial charge on any atom is -0.370 e. The van der Waals surface area contributed by atoms with Crippen LogP contribution in [0.15, 0.2) is 28.8 Å².